The van der Waals surface area contributed by atoms with Crippen LogP contribution >= 0.6 is 0 Å². The van der Waals surface area contributed by atoms with E-state index in [4.69, 9.17) is 9.47 Å². The molecule has 0 radical (unpaired) electrons. The van der Waals surface area contributed by atoms with Gasteiger partial charge in [-0.2, -0.15) is 0 Å². The monoisotopic (exact) mass is 214 g/mol. The van der Waals surface area contributed by atoms with Crippen molar-refractivity contribution in [2.24, 2.45) is 5.92 Å². The Morgan fingerprint density at radius 3 is 2.33 bits per heavy atom. The molecule has 2 heteroatoms. The maximum atomic E-state index is 5.83. The standard InChI is InChI=1S/C13H26O2/c1-5-6-7-8-9-13-10(2)11(3)14-12(4)15-13/h10-13H,5-9H2,1-4H3/t10-,11+,12-,13+/m1/s1. The van der Waals surface area contributed by atoms with Crippen LogP contribution in [-0.2, 0) is 9.47 Å². The van der Waals surface area contributed by atoms with Crippen LogP contribution in [0.25, 0.3) is 0 Å². The molecule has 0 amide bonds. The topological polar surface area (TPSA) is 18.5 Å². The largest absolute Gasteiger partial charge is 0.350 e. The zero-order valence-electron chi connectivity index (χ0n) is 10.7. The van der Waals surface area contributed by atoms with Gasteiger partial charge in [0.25, 0.3) is 0 Å². The fourth-order valence-corrected chi connectivity index (χ4v) is 2.23. The molecule has 0 unspecified atom stereocenters. The maximum absolute atomic E-state index is 5.83. The second kappa shape index (κ2) is 6.49. The van der Waals surface area contributed by atoms with Crippen molar-refractivity contribution in [1.82, 2.24) is 0 Å². The molecule has 1 rings (SSSR count). The lowest BCUT2D eigenvalue weighted by molar-refractivity contribution is -0.254. The second-order valence-electron chi connectivity index (χ2n) is 4.79. The van der Waals surface area contributed by atoms with E-state index >= 15 is 0 Å². The number of hydrogen-bond acceptors (Lipinski definition) is 2. The smallest absolute Gasteiger partial charge is 0.155 e. The van der Waals surface area contributed by atoms with E-state index in [1.54, 1.807) is 0 Å². The number of ether oxygens (including phenoxy) is 2. The van der Waals surface area contributed by atoms with E-state index in [1.807, 2.05) is 6.92 Å². The molecule has 0 aromatic rings. The predicted octanol–water partition coefficient (Wildman–Crippen LogP) is 3.74. The van der Waals surface area contributed by atoms with Crippen molar-refractivity contribution < 1.29 is 9.47 Å². The maximum Gasteiger partial charge on any atom is 0.155 e. The lowest BCUT2D eigenvalue weighted by Gasteiger charge is -2.38. The van der Waals surface area contributed by atoms with E-state index in [9.17, 15) is 0 Å². The minimum atomic E-state index is -0.0209. The third-order valence-electron chi connectivity index (χ3n) is 3.44. The van der Waals surface area contributed by atoms with Gasteiger partial charge in [0.2, 0.25) is 0 Å². The first-order valence-corrected chi connectivity index (χ1v) is 6.46. The van der Waals surface area contributed by atoms with E-state index in [2.05, 4.69) is 20.8 Å². The fraction of sp³-hybridized carbons (Fsp3) is 1.00. The number of unbranched alkanes of at least 4 members (excludes halogenated alkanes) is 3. The molecule has 1 aliphatic rings. The van der Waals surface area contributed by atoms with Gasteiger partial charge in [-0.25, -0.2) is 0 Å². The molecule has 4 atom stereocenters. The first kappa shape index (κ1) is 13.0. The van der Waals surface area contributed by atoms with Crippen molar-refractivity contribution >= 4 is 0 Å². The highest BCUT2D eigenvalue weighted by Gasteiger charge is 2.31. The molecule has 1 fully saturated rings. The molecule has 0 bridgehead atoms. The summed E-state index contributed by atoms with van der Waals surface area (Å²) in [5.74, 6) is 0.530. The minimum Gasteiger partial charge on any atom is -0.350 e. The molecule has 1 aliphatic heterocycles. The molecule has 1 saturated heterocycles. The van der Waals surface area contributed by atoms with Crippen LogP contribution in [0.3, 0.4) is 0 Å². The molecule has 1 heterocycles. The van der Waals surface area contributed by atoms with Gasteiger partial charge in [-0.15, -0.1) is 0 Å². The van der Waals surface area contributed by atoms with E-state index < -0.39 is 0 Å². The summed E-state index contributed by atoms with van der Waals surface area (Å²) in [5.41, 5.74) is 0. The Hall–Kier alpha value is -0.0800. The summed E-state index contributed by atoms with van der Waals surface area (Å²) in [6.45, 7) is 8.64. The van der Waals surface area contributed by atoms with Crippen LogP contribution in [0.1, 0.15) is 59.8 Å². The van der Waals surface area contributed by atoms with Gasteiger partial charge in [-0.05, 0) is 20.3 Å². The number of hydrogen-bond donors (Lipinski definition) is 0. The summed E-state index contributed by atoms with van der Waals surface area (Å²) in [4.78, 5) is 0. The summed E-state index contributed by atoms with van der Waals surface area (Å²) in [6, 6.07) is 0. The second-order valence-corrected chi connectivity index (χ2v) is 4.79. The molecule has 90 valence electrons. The Morgan fingerprint density at radius 1 is 0.933 bits per heavy atom. The normalized spacial score (nSPS) is 36.8. The van der Waals surface area contributed by atoms with Crippen molar-refractivity contribution in [2.75, 3.05) is 0 Å². The van der Waals surface area contributed by atoms with Gasteiger partial charge in [0.1, 0.15) is 0 Å². The summed E-state index contributed by atoms with van der Waals surface area (Å²) < 4.78 is 11.5. The van der Waals surface area contributed by atoms with Crippen molar-refractivity contribution in [3.05, 3.63) is 0 Å². The van der Waals surface area contributed by atoms with Crippen molar-refractivity contribution in [3.8, 4) is 0 Å². The molecular weight excluding hydrogens is 188 g/mol. The Balaban J connectivity index is 2.26. The zero-order valence-corrected chi connectivity index (χ0v) is 10.7. The average Bonchev–Trinajstić information content (AvgIpc) is 2.19. The Kier molecular flexibility index (Phi) is 5.62. The van der Waals surface area contributed by atoms with Gasteiger partial charge in [-0.1, -0.05) is 39.5 Å². The van der Waals surface area contributed by atoms with Crippen LogP contribution in [0, 0.1) is 5.92 Å². The van der Waals surface area contributed by atoms with E-state index in [0.29, 0.717) is 18.1 Å². The van der Waals surface area contributed by atoms with E-state index in [0.717, 1.165) is 0 Å². The van der Waals surface area contributed by atoms with Gasteiger partial charge in [-0.3, -0.25) is 0 Å². The van der Waals surface area contributed by atoms with Crippen LogP contribution < -0.4 is 0 Å². The van der Waals surface area contributed by atoms with Crippen LogP contribution in [0.2, 0.25) is 0 Å². The van der Waals surface area contributed by atoms with Gasteiger partial charge in [0, 0.05) is 5.92 Å². The van der Waals surface area contributed by atoms with Crippen molar-refractivity contribution in [2.45, 2.75) is 78.3 Å². The SMILES string of the molecule is CCCCCC[C@@H]1O[C@H](C)O[C@@H](C)[C@H]1C. The molecule has 0 aromatic heterocycles. The van der Waals surface area contributed by atoms with Crippen molar-refractivity contribution in [3.63, 3.8) is 0 Å². The van der Waals surface area contributed by atoms with Crippen LogP contribution in [-0.4, -0.2) is 18.5 Å². The Labute approximate surface area is 94.3 Å². The zero-order chi connectivity index (χ0) is 11.3. The molecule has 0 aromatic carbocycles. The molecule has 0 spiro atoms. The quantitative estimate of drug-likeness (QED) is 0.649. The predicted molar refractivity (Wildman–Crippen MR) is 62.8 cm³/mol. The lowest BCUT2D eigenvalue weighted by atomic mass is 9.93. The summed E-state index contributed by atoms with van der Waals surface area (Å²) >= 11 is 0. The molecule has 0 aliphatic carbocycles. The molecule has 15 heavy (non-hydrogen) atoms. The fourth-order valence-electron chi connectivity index (χ4n) is 2.23. The minimum absolute atomic E-state index is 0.0209. The highest BCUT2D eigenvalue weighted by atomic mass is 16.7. The van der Waals surface area contributed by atoms with Crippen LogP contribution in [0.5, 0.6) is 0 Å². The van der Waals surface area contributed by atoms with E-state index in [-0.39, 0.29) is 6.29 Å². The highest BCUT2D eigenvalue weighted by Crippen LogP contribution is 2.27. The van der Waals surface area contributed by atoms with Gasteiger partial charge >= 0.3 is 0 Å². The molecule has 2 nitrogen and oxygen atoms in total. The summed E-state index contributed by atoms with van der Waals surface area (Å²) in [6.07, 6.45) is 7.20. The third kappa shape index (κ3) is 4.12. The lowest BCUT2D eigenvalue weighted by Crippen LogP contribution is -2.42. The first-order chi connectivity index (χ1) is 7.15. The van der Waals surface area contributed by atoms with Gasteiger partial charge in [0.15, 0.2) is 6.29 Å². The first-order valence-electron chi connectivity index (χ1n) is 6.46. The molecule has 0 N–H and O–H groups in total. The average molecular weight is 214 g/mol. The summed E-state index contributed by atoms with van der Waals surface area (Å²) in [7, 11) is 0. The van der Waals surface area contributed by atoms with Gasteiger partial charge in [0.05, 0.1) is 12.2 Å². The highest BCUT2D eigenvalue weighted by molar-refractivity contribution is 4.76. The number of rotatable bonds is 5. The molecular formula is C13H26O2. The Morgan fingerprint density at radius 2 is 1.67 bits per heavy atom. The third-order valence-corrected chi connectivity index (χ3v) is 3.44. The van der Waals surface area contributed by atoms with Crippen LogP contribution in [0.4, 0.5) is 0 Å². The van der Waals surface area contributed by atoms with E-state index in [1.165, 1.54) is 32.1 Å². The van der Waals surface area contributed by atoms with Crippen LogP contribution in [0.15, 0.2) is 0 Å². The summed E-state index contributed by atoms with van der Waals surface area (Å²) in [5, 5.41) is 0. The van der Waals surface area contributed by atoms with Gasteiger partial charge < -0.3 is 9.47 Å². The Bertz CT molecular complexity index is 170. The van der Waals surface area contributed by atoms with Crippen molar-refractivity contribution in [1.29, 1.82) is 0 Å². The molecule has 0 saturated carbocycles.